The lowest BCUT2D eigenvalue weighted by Crippen LogP contribution is -2.47. The van der Waals surface area contributed by atoms with Crippen LogP contribution >= 0.6 is 0 Å². The van der Waals surface area contributed by atoms with E-state index in [1.165, 1.54) is 12.1 Å². The van der Waals surface area contributed by atoms with E-state index >= 15 is 0 Å². The number of aliphatic hydroxyl groups is 2. The van der Waals surface area contributed by atoms with Gasteiger partial charge in [-0.05, 0) is 81.7 Å². The number of aromatic nitrogens is 1. The van der Waals surface area contributed by atoms with Crippen LogP contribution in [0.5, 0.6) is 0 Å². The van der Waals surface area contributed by atoms with Crippen LogP contribution in [0.15, 0.2) is 42.6 Å². The van der Waals surface area contributed by atoms with E-state index in [-0.39, 0.29) is 36.2 Å². The van der Waals surface area contributed by atoms with E-state index < -0.39 is 23.2 Å². The summed E-state index contributed by atoms with van der Waals surface area (Å²) in [6.07, 6.45) is 3.07. The molecule has 1 aliphatic carbocycles. The first-order valence-corrected chi connectivity index (χ1v) is 15.6. The Morgan fingerprint density at radius 1 is 0.955 bits per heavy atom. The minimum absolute atomic E-state index is 0.0406. The molecular formula is C32H40F3N5O4. The van der Waals surface area contributed by atoms with Crippen molar-refractivity contribution in [1.82, 2.24) is 20.1 Å². The van der Waals surface area contributed by atoms with Crippen molar-refractivity contribution in [2.45, 2.75) is 87.4 Å². The van der Waals surface area contributed by atoms with Gasteiger partial charge in [-0.15, -0.1) is 0 Å². The highest BCUT2D eigenvalue weighted by molar-refractivity contribution is 5.96. The van der Waals surface area contributed by atoms with Crippen molar-refractivity contribution in [3.8, 4) is 0 Å². The van der Waals surface area contributed by atoms with Gasteiger partial charge in [-0.2, -0.15) is 13.2 Å². The average Bonchev–Trinajstić information content (AvgIpc) is 3.63. The molecule has 238 valence electrons. The maximum absolute atomic E-state index is 13.1. The first-order chi connectivity index (χ1) is 21.0. The quantitative estimate of drug-likeness (QED) is 0.458. The normalized spacial score (nSPS) is 28.2. The third-order valence-electron chi connectivity index (χ3n) is 10.1. The molecule has 0 bridgehead atoms. The Morgan fingerprint density at radius 3 is 2.36 bits per heavy atom. The van der Waals surface area contributed by atoms with E-state index in [0.29, 0.717) is 31.1 Å². The van der Waals surface area contributed by atoms with E-state index in [4.69, 9.17) is 0 Å². The zero-order valence-electron chi connectivity index (χ0n) is 24.7. The summed E-state index contributed by atoms with van der Waals surface area (Å²) in [6, 6.07) is 8.69. The molecule has 12 heteroatoms. The molecule has 6 rings (SSSR count). The van der Waals surface area contributed by atoms with Crippen LogP contribution in [0, 0.1) is 0 Å². The number of carbonyl (C=O) groups excluding carboxylic acids is 2. The maximum Gasteiger partial charge on any atom is 0.416 e. The van der Waals surface area contributed by atoms with Gasteiger partial charge in [0.2, 0.25) is 5.91 Å². The Morgan fingerprint density at radius 2 is 1.68 bits per heavy atom. The van der Waals surface area contributed by atoms with Crippen LogP contribution in [0.3, 0.4) is 0 Å². The van der Waals surface area contributed by atoms with Gasteiger partial charge >= 0.3 is 6.18 Å². The number of nitrogens with one attached hydrogen (secondary N) is 1. The average molecular weight is 616 g/mol. The van der Waals surface area contributed by atoms with Crippen LogP contribution in [-0.4, -0.2) is 93.8 Å². The molecule has 4 aliphatic rings. The number of alkyl halides is 3. The first kappa shape index (κ1) is 30.8. The van der Waals surface area contributed by atoms with Crippen LogP contribution in [0.1, 0.15) is 73.0 Å². The van der Waals surface area contributed by atoms with E-state index in [2.05, 4.69) is 20.1 Å². The third kappa shape index (κ3) is 6.29. The number of rotatable bonds is 6. The summed E-state index contributed by atoms with van der Waals surface area (Å²) in [4.78, 5) is 36.7. The number of amides is 2. The predicted octanol–water partition coefficient (Wildman–Crippen LogP) is 3.30. The number of anilines is 1. The third-order valence-corrected chi connectivity index (χ3v) is 10.1. The molecule has 2 amide bonds. The molecule has 4 heterocycles. The van der Waals surface area contributed by atoms with Crippen molar-refractivity contribution >= 4 is 17.5 Å². The SMILES string of the molecule is O=C(NCC(=O)N1CCC2C1CCN2[C@H]1CC[C@@](O)(c2ccc(N3CCC(O)CC3)cn2)CC1)c1cccc(C(F)(F)F)c1. The van der Waals surface area contributed by atoms with Crippen molar-refractivity contribution in [2.24, 2.45) is 0 Å². The molecule has 2 unspecified atom stereocenters. The number of hydrogen-bond donors (Lipinski definition) is 3. The number of halogens is 3. The summed E-state index contributed by atoms with van der Waals surface area (Å²) in [5.74, 6) is -0.939. The molecule has 3 N–H and O–H groups in total. The summed E-state index contributed by atoms with van der Waals surface area (Å²) in [5.41, 5.74) is -0.306. The maximum atomic E-state index is 13.1. The van der Waals surface area contributed by atoms with E-state index in [0.717, 1.165) is 76.0 Å². The molecule has 2 aromatic rings. The monoisotopic (exact) mass is 615 g/mol. The fourth-order valence-corrected chi connectivity index (χ4v) is 7.62. The van der Waals surface area contributed by atoms with Crippen molar-refractivity contribution in [2.75, 3.05) is 37.6 Å². The Bertz CT molecular complexity index is 1340. The molecule has 2 atom stereocenters. The number of nitrogens with zero attached hydrogens (tertiary/aromatic N) is 4. The minimum Gasteiger partial charge on any atom is -0.393 e. The number of fused-ring (bicyclic) bond motifs is 1. The molecule has 3 aliphatic heterocycles. The van der Waals surface area contributed by atoms with Crippen LogP contribution in [-0.2, 0) is 16.6 Å². The lowest BCUT2D eigenvalue weighted by molar-refractivity contribution is -0.137. The summed E-state index contributed by atoms with van der Waals surface area (Å²) >= 11 is 0. The second-order valence-electron chi connectivity index (χ2n) is 12.7. The highest BCUT2D eigenvalue weighted by Crippen LogP contribution is 2.42. The van der Waals surface area contributed by atoms with Gasteiger partial charge in [-0.25, -0.2) is 0 Å². The van der Waals surface area contributed by atoms with Gasteiger partial charge < -0.3 is 25.3 Å². The van der Waals surface area contributed by atoms with Crippen molar-refractivity contribution in [1.29, 1.82) is 0 Å². The van der Waals surface area contributed by atoms with Gasteiger partial charge in [-0.1, -0.05) is 6.07 Å². The van der Waals surface area contributed by atoms with E-state index in [1.807, 2.05) is 23.2 Å². The molecule has 1 saturated carbocycles. The highest BCUT2D eigenvalue weighted by atomic mass is 19.4. The Hall–Kier alpha value is -3.22. The Balaban J connectivity index is 0.997. The summed E-state index contributed by atoms with van der Waals surface area (Å²) in [7, 11) is 0. The van der Waals surface area contributed by atoms with Crippen molar-refractivity contribution in [3.63, 3.8) is 0 Å². The van der Waals surface area contributed by atoms with Gasteiger partial charge in [0.15, 0.2) is 0 Å². The fraction of sp³-hybridized carbons (Fsp3) is 0.594. The lowest BCUT2D eigenvalue weighted by Gasteiger charge is -2.41. The first-order valence-electron chi connectivity index (χ1n) is 15.6. The van der Waals surface area contributed by atoms with Crippen molar-refractivity contribution in [3.05, 3.63) is 59.4 Å². The van der Waals surface area contributed by atoms with Crippen LogP contribution in [0.2, 0.25) is 0 Å². The van der Waals surface area contributed by atoms with Gasteiger partial charge in [0, 0.05) is 49.9 Å². The van der Waals surface area contributed by atoms with Crippen LogP contribution in [0.25, 0.3) is 0 Å². The summed E-state index contributed by atoms with van der Waals surface area (Å²) < 4.78 is 39.1. The van der Waals surface area contributed by atoms with E-state index in [1.54, 1.807) is 0 Å². The Kier molecular flexibility index (Phi) is 8.60. The summed E-state index contributed by atoms with van der Waals surface area (Å²) in [6.45, 7) is 2.76. The molecule has 1 aromatic carbocycles. The van der Waals surface area contributed by atoms with Crippen LogP contribution < -0.4 is 10.2 Å². The van der Waals surface area contributed by atoms with Gasteiger partial charge in [0.25, 0.3) is 5.91 Å². The zero-order valence-corrected chi connectivity index (χ0v) is 24.7. The van der Waals surface area contributed by atoms with E-state index in [9.17, 15) is 33.0 Å². The lowest BCUT2D eigenvalue weighted by atomic mass is 9.79. The second-order valence-corrected chi connectivity index (χ2v) is 12.7. The van der Waals surface area contributed by atoms with Crippen LogP contribution in [0.4, 0.5) is 18.9 Å². The summed E-state index contributed by atoms with van der Waals surface area (Å²) in [5, 5.41) is 23.8. The fourth-order valence-electron chi connectivity index (χ4n) is 7.62. The number of aliphatic hydroxyl groups excluding tert-OH is 1. The molecule has 9 nitrogen and oxygen atoms in total. The minimum atomic E-state index is -4.55. The molecule has 44 heavy (non-hydrogen) atoms. The number of piperidine rings is 1. The highest BCUT2D eigenvalue weighted by Gasteiger charge is 2.48. The standard InChI is InChI=1S/C32H40F3N5O4/c33-32(34,35)22-3-1-2-21(18-22)30(43)37-20-29(42)40-17-11-26-27(40)10-16-39(26)23-6-12-31(44,13-7-23)28-5-4-24(19-36-28)38-14-8-25(41)9-15-38/h1-5,18-19,23,25-27,41,44H,6-17,20H2,(H,37,43)/t23-,26?,27?,31-. The van der Waals surface area contributed by atoms with Crippen molar-refractivity contribution < 1.29 is 33.0 Å². The number of hydrogen-bond acceptors (Lipinski definition) is 7. The predicted molar refractivity (Wildman–Crippen MR) is 157 cm³/mol. The van der Waals surface area contributed by atoms with Gasteiger partial charge in [-0.3, -0.25) is 19.5 Å². The topological polar surface area (TPSA) is 109 Å². The number of carbonyl (C=O) groups is 2. The molecule has 1 aromatic heterocycles. The number of benzene rings is 1. The largest absolute Gasteiger partial charge is 0.416 e. The Labute approximate surface area is 255 Å². The molecule has 0 spiro atoms. The smallest absolute Gasteiger partial charge is 0.393 e. The van der Waals surface area contributed by atoms with Gasteiger partial charge in [0.05, 0.1) is 35.8 Å². The van der Waals surface area contributed by atoms with Gasteiger partial charge in [0.1, 0.15) is 5.60 Å². The second kappa shape index (κ2) is 12.3. The molecule has 0 radical (unpaired) electrons. The molecule has 3 saturated heterocycles. The molecular weight excluding hydrogens is 575 g/mol. The molecule has 4 fully saturated rings. The zero-order chi connectivity index (χ0) is 31.1. The number of pyridine rings is 1. The number of likely N-dealkylation sites (tertiary alicyclic amines) is 2.